The Hall–Kier alpha value is -1.75. The van der Waals surface area contributed by atoms with E-state index in [-0.39, 0.29) is 17.9 Å². The predicted octanol–water partition coefficient (Wildman–Crippen LogP) is 3.34. The molecule has 0 amide bonds. The largest absolute Gasteiger partial charge is 0.512 e. The molecule has 5 heteroatoms. The number of rotatable bonds is 5. The molecule has 20 heavy (non-hydrogen) atoms. The summed E-state index contributed by atoms with van der Waals surface area (Å²) in [5, 5.41) is 10.2. The highest BCUT2D eigenvalue weighted by atomic mass is 32.2. The SMILES string of the molecule is CCOC(=O)/C(C(=NC)SCc1ccccc1)=C(\C)O. The third-order valence-corrected chi connectivity index (χ3v) is 3.61. The summed E-state index contributed by atoms with van der Waals surface area (Å²) in [5.74, 6) is 0.0437. The number of aliphatic hydroxyl groups is 1. The Morgan fingerprint density at radius 3 is 2.50 bits per heavy atom. The van der Waals surface area contributed by atoms with Crippen LogP contribution in [0.15, 0.2) is 46.7 Å². The number of aliphatic hydroxyl groups excluding tert-OH is 1. The lowest BCUT2D eigenvalue weighted by Gasteiger charge is -2.10. The summed E-state index contributed by atoms with van der Waals surface area (Å²) in [7, 11) is 1.59. The number of esters is 1. The lowest BCUT2D eigenvalue weighted by molar-refractivity contribution is -0.138. The third-order valence-electron chi connectivity index (χ3n) is 2.48. The van der Waals surface area contributed by atoms with Crippen molar-refractivity contribution in [3.05, 3.63) is 47.2 Å². The molecule has 0 spiro atoms. The van der Waals surface area contributed by atoms with E-state index < -0.39 is 5.97 Å². The normalized spacial score (nSPS) is 12.8. The quantitative estimate of drug-likeness (QED) is 0.297. The summed E-state index contributed by atoms with van der Waals surface area (Å²) in [5.41, 5.74) is 1.26. The molecule has 0 aliphatic carbocycles. The molecule has 0 saturated heterocycles. The van der Waals surface area contributed by atoms with E-state index in [1.165, 1.54) is 18.7 Å². The van der Waals surface area contributed by atoms with Gasteiger partial charge in [-0.15, -0.1) is 11.8 Å². The Balaban J connectivity index is 2.83. The van der Waals surface area contributed by atoms with Crippen molar-refractivity contribution < 1.29 is 14.6 Å². The molecule has 0 atom stereocenters. The topological polar surface area (TPSA) is 58.9 Å². The molecule has 1 aromatic rings. The van der Waals surface area contributed by atoms with E-state index in [0.29, 0.717) is 10.8 Å². The fourth-order valence-corrected chi connectivity index (χ4v) is 2.57. The van der Waals surface area contributed by atoms with Gasteiger partial charge < -0.3 is 9.84 Å². The molecule has 4 nitrogen and oxygen atoms in total. The number of aliphatic imine (C=N–C) groups is 1. The minimum Gasteiger partial charge on any atom is -0.512 e. The molecule has 0 radical (unpaired) electrons. The summed E-state index contributed by atoms with van der Waals surface area (Å²) in [6.45, 7) is 3.44. The Bertz CT molecular complexity index is 505. The number of ether oxygens (including phenoxy) is 1. The van der Waals surface area contributed by atoms with Crippen molar-refractivity contribution in [1.82, 2.24) is 0 Å². The van der Waals surface area contributed by atoms with Gasteiger partial charge in [0, 0.05) is 12.8 Å². The van der Waals surface area contributed by atoms with Crippen LogP contribution in [0, 0.1) is 0 Å². The van der Waals surface area contributed by atoms with Gasteiger partial charge in [0.2, 0.25) is 0 Å². The average molecular weight is 293 g/mol. The summed E-state index contributed by atoms with van der Waals surface area (Å²) in [6.07, 6.45) is 0. The van der Waals surface area contributed by atoms with Crippen molar-refractivity contribution in [2.75, 3.05) is 13.7 Å². The maximum atomic E-state index is 11.9. The Kier molecular flexibility index (Phi) is 6.87. The molecule has 0 saturated carbocycles. The van der Waals surface area contributed by atoms with Gasteiger partial charge in [-0.3, -0.25) is 4.99 Å². The minimum absolute atomic E-state index is 0.0791. The van der Waals surface area contributed by atoms with Gasteiger partial charge in [-0.2, -0.15) is 0 Å². The number of hydrogen-bond donors (Lipinski definition) is 1. The van der Waals surface area contributed by atoms with Crippen LogP contribution in [-0.4, -0.2) is 29.8 Å². The standard InChI is InChI=1S/C15H19NO3S/c1-4-19-15(18)13(11(2)17)14(16-3)20-10-12-8-6-5-7-9-12/h5-9,17H,4,10H2,1-3H3/b13-11+,16-14?. The summed E-state index contributed by atoms with van der Waals surface area (Å²) in [4.78, 5) is 16.0. The average Bonchev–Trinajstić information content (AvgIpc) is 2.44. The third kappa shape index (κ3) is 4.74. The molecule has 0 aliphatic heterocycles. The van der Waals surface area contributed by atoms with Gasteiger partial charge in [0.1, 0.15) is 16.4 Å². The van der Waals surface area contributed by atoms with E-state index in [2.05, 4.69) is 4.99 Å². The van der Waals surface area contributed by atoms with Crippen LogP contribution in [0.2, 0.25) is 0 Å². The number of thioether (sulfide) groups is 1. The number of nitrogens with zero attached hydrogens (tertiary/aromatic N) is 1. The van der Waals surface area contributed by atoms with Crippen molar-refractivity contribution in [3.63, 3.8) is 0 Å². The molecule has 108 valence electrons. The summed E-state index contributed by atoms with van der Waals surface area (Å²) < 4.78 is 4.95. The fraction of sp³-hybridized carbons (Fsp3) is 0.333. The number of hydrogen-bond acceptors (Lipinski definition) is 5. The number of allylic oxidation sites excluding steroid dienone is 1. The highest BCUT2D eigenvalue weighted by Gasteiger charge is 2.21. The van der Waals surface area contributed by atoms with Crippen molar-refractivity contribution in [3.8, 4) is 0 Å². The van der Waals surface area contributed by atoms with Gasteiger partial charge in [0.15, 0.2) is 0 Å². The first-order valence-electron chi connectivity index (χ1n) is 6.31. The van der Waals surface area contributed by atoms with Crippen LogP contribution in [0.1, 0.15) is 19.4 Å². The zero-order valence-corrected chi connectivity index (χ0v) is 12.7. The van der Waals surface area contributed by atoms with Crippen molar-refractivity contribution in [1.29, 1.82) is 0 Å². The number of benzene rings is 1. The van der Waals surface area contributed by atoms with Crippen LogP contribution in [0.5, 0.6) is 0 Å². The van der Waals surface area contributed by atoms with Crippen LogP contribution in [0.3, 0.4) is 0 Å². The van der Waals surface area contributed by atoms with Gasteiger partial charge in [-0.05, 0) is 19.4 Å². The second kappa shape index (κ2) is 8.43. The maximum Gasteiger partial charge on any atom is 0.344 e. The number of carbonyl (C=O) groups excluding carboxylic acids is 1. The molecule has 1 rings (SSSR count). The zero-order valence-electron chi connectivity index (χ0n) is 11.9. The molecular weight excluding hydrogens is 274 g/mol. The first-order valence-corrected chi connectivity index (χ1v) is 7.29. The Labute approximate surface area is 123 Å². The molecular formula is C15H19NO3S. The van der Waals surface area contributed by atoms with Crippen molar-refractivity contribution >= 4 is 22.8 Å². The predicted molar refractivity (Wildman–Crippen MR) is 83.1 cm³/mol. The lowest BCUT2D eigenvalue weighted by Crippen LogP contribution is -2.16. The Morgan fingerprint density at radius 1 is 1.35 bits per heavy atom. The second-order valence-corrected chi connectivity index (χ2v) is 4.95. The molecule has 0 aromatic heterocycles. The Morgan fingerprint density at radius 2 is 2.00 bits per heavy atom. The van der Waals surface area contributed by atoms with Gasteiger partial charge in [0.05, 0.1) is 6.61 Å². The van der Waals surface area contributed by atoms with Crippen LogP contribution in [0.25, 0.3) is 0 Å². The summed E-state index contributed by atoms with van der Waals surface area (Å²) >= 11 is 1.40. The highest BCUT2D eigenvalue weighted by Crippen LogP contribution is 2.21. The van der Waals surface area contributed by atoms with Crippen molar-refractivity contribution in [2.24, 2.45) is 4.99 Å². The second-order valence-electron chi connectivity index (χ2n) is 3.98. The van der Waals surface area contributed by atoms with Gasteiger partial charge in [-0.1, -0.05) is 30.3 Å². The maximum absolute atomic E-state index is 11.9. The lowest BCUT2D eigenvalue weighted by atomic mass is 10.2. The molecule has 1 aromatic carbocycles. The molecule has 0 bridgehead atoms. The van der Waals surface area contributed by atoms with Gasteiger partial charge in [-0.25, -0.2) is 4.79 Å². The van der Waals surface area contributed by atoms with Crippen LogP contribution in [0.4, 0.5) is 0 Å². The van der Waals surface area contributed by atoms with Gasteiger partial charge >= 0.3 is 5.97 Å². The van der Waals surface area contributed by atoms with E-state index >= 15 is 0 Å². The van der Waals surface area contributed by atoms with E-state index in [9.17, 15) is 9.90 Å². The van der Waals surface area contributed by atoms with E-state index in [1.54, 1.807) is 14.0 Å². The zero-order chi connectivity index (χ0) is 15.0. The molecule has 0 fully saturated rings. The molecule has 0 unspecified atom stereocenters. The molecule has 0 heterocycles. The van der Waals surface area contributed by atoms with E-state index in [4.69, 9.17) is 4.74 Å². The molecule has 1 N–H and O–H groups in total. The minimum atomic E-state index is -0.548. The monoisotopic (exact) mass is 293 g/mol. The fourth-order valence-electron chi connectivity index (χ4n) is 1.57. The smallest absolute Gasteiger partial charge is 0.344 e. The number of carbonyl (C=O) groups is 1. The van der Waals surface area contributed by atoms with Crippen LogP contribution >= 0.6 is 11.8 Å². The van der Waals surface area contributed by atoms with Crippen LogP contribution < -0.4 is 0 Å². The summed E-state index contributed by atoms with van der Waals surface area (Å²) in [6, 6.07) is 9.86. The first-order chi connectivity index (χ1) is 9.60. The van der Waals surface area contributed by atoms with E-state index in [1.807, 2.05) is 30.3 Å². The first kappa shape index (κ1) is 16.3. The highest BCUT2D eigenvalue weighted by molar-refractivity contribution is 8.13. The van der Waals surface area contributed by atoms with Gasteiger partial charge in [0.25, 0.3) is 0 Å². The van der Waals surface area contributed by atoms with Crippen molar-refractivity contribution in [2.45, 2.75) is 19.6 Å². The van der Waals surface area contributed by atoms with Crippen LogP contribution in [-0.2, 0) is 15.3 Å². The van der Waals surface area contributed by atoms with E-state index in [0.717, 1.165) is 5.56 Å². The molecule has 0 aliphatic rings.